The van der Waals surface area contributed by atoms with Gasteiger partial charge in [-0.2, -0.15) is 5.26 Å². The number of rotatable bonds is 10. The van der Waals surface area contributed by atoms with Gasteiger partial charge in [-0.3, -0.25) is 0 Å². The number of hydrogen-bond acceptors (Lipinski definition) is 1. The average Bonchev–Trinajstić information content (AvgIpc) is 3.28. The van der Waals surface area contributed by atoms with Gasteiger partial charge in [-0.25, -0.2) is 0 Å². The summed E-state index contributed by atoms with van der Waals surface area (Å²) in [7, 11) is 0. The largest absolute Gasteiger partial charge is 0.192 e. The maximum absolute atomic E-state index is 10.5. The molecule has 0 amide bonds. The fourth-order valence-electron chi connectivity index (χ4n) is 7.36. The fourth-order valence-corrected chi connectivity index (χ4v) is 7.36. The van der Waals surface area contributed by atoms with E-state index in [0.717, 1.165) is 72.4 Å². The van der Waals surface area contributed by atoms with Crippen LogP contribution in [0.2, 0.25) is 0 Å². The van der Waals surface area contributed by atoms with Crippen molar-refractivity contribution in [3.63, 3.8) is 0 Å². The van der Waals surface area contributed by atoms with E-state index < -0.39 is 0 Å². The number of nitriles is 1. The highest BCUT2D eigenvalue weighted by Crippen LogP contribution is 2.39. The molecule has 0 aromatic heterocycles. The summed E-state index contributed by atoms with van der Waals surface area (Å²) >= 11 is 0. The minimum Gasteiger partial charge on any atom is -0.192 e. The zero-order valence-corrected chi connectivity index (χ0v) is 31.0. The van der Waals surface area contributed by atoms with E-state index in [0.29, 0.717) is 5.57 Å². The van der Waals surface area contributed by atoms with E-state index in [1.807, 2.05) is 6.08 Å². The van der Waals surface area contributed by atoms with Crippen molar-refractivity contribution in [2.75, 3.05) is 0 Å². The van der Waals surface area contributed by atoms with Gasteiger partial charge in [0.15, 0.2) is 0 Å². The van der Waals surface area contributed by atoms with Crippen LogP contribution in [-0.2, 0) is 0 Å². The maximum Gasteiger partial charge on any atom is 0.0998 e. The highest BCUT2D eigenvalue weighted by Gasteiger charge is 2.18. The molecule has 0 N–H and O–H groups in total. The van der Waals surface area contributed by atoms with E-state index in [2.05, 4.69) is 237 Å². The Bertz CT molecular complexity index is 2570. The Balaban J connectivity index is 1.19. The van der Waals surface area contributed by atoms with Gasteiger partial charge in [0, 0.05) is 0 Å². The van der Waals surface area contributed by atoms with Gasteiger partial charge in [0.2, 0.25) is 0 Å². The lowest BCUT2D eigenvalue weighted by molar-refractivity contribution is 1.48. The van der Waals surface area contributed by atoms with E-state index >= 15 is 0 Å². The molecule has 56 heavy (non-hydrogen) atoms. The third-order valence-corrected chi connectivity index (χ3v) is 9.99. The molecule has 0 aliphatic heterocycles. The van der Waals surface area contributed by atoms with Crippen LogP contribution in [0.1, 0.15) is 55.6 Å². The van der Waals surface area contributed by atoms with Crippen LogP contribution in [0.15, 0.2) is 231 Å². The second kappa shape index (κ2) is 17.1. The van der Waals surface area contributed by atoms with E-state index in [-0.39, 0.29) is 0 Å². The maximum atomic E-state index is 10.5. The third kappa shape index (κ3) is 7.87. The molecule has 1 heteroatoms. The van der Waals surface area contributed by atoms with Gasteiger partial charge in [0.05, 0.1) is 11.6 Å². The van der Waals surface area contributed by atoms with Crippen molar-refractivity contribution >= 4 is 33.9 Å². The molecule has 0 bridgehead atoms. The summed E-state index contributed by atoms with van der Waals surface area (Å²) in [6.45, 7) is 0. The van der Waals surface area contributed by atoms with Gasteiger partial charge in [0.25, 0.3) is 0 Å². The molecular formula is C55H39N. The molecule has 264 valence electrons. The quantitative estimate of drug-likeness (QED) is 0.102. The van der Waals surface area contributed by atoms with Crippen molar-refractivity contribution in [3.8, 4) is 6.07 Å². The van der Waals surface area contributed by atoms with Crippen molar-refractivity contribution < 1.29 is 0 Å². The van der Waals surface area contributed by atoms with Crippen molar-refractivity contribution in [1.29, 1.82) is 5.26 Å². The zero-order valence-electron chi connectivity index (χ0n) is 31.0. The van der Waals surface area contributed by atoms with Gasteiger partial charge in [-0.1, -0.05) is 231 Å². The van der Waals surface area contributed by atoms with Crippen molar-refractivity contribution in [2.24, 2.45) is 0 Å². The minimum atomic E-state index is 0.606. The summed E-state index contributed by atoms with van der Waals surface area (Å²) in [5.41, 5.74) is 16.1. The summed E-state index contributed by atoms with van der Waals surface area (Å²) < 4.78 is 0. The molecule has 0 heterocycles. The van der Waals surface area contributed by atoms with E-state index in [9.17, 15) is 5.26 Å². The second-order valence-corrected chi connectivity index (χ2v) is 13.6. The monoisotopic (exact) mass is 713 g/mol. The highest BCUT2D eigenvalue weighted by atomic mass is 14.3. The standard InChI is InChI=1S/C55H39N/c56-40-51(42-35-37-50(38-36-42)55(48-29-17-6-18-30-48)53(45-23-11-3-12-24-45)46-25-13-4-14-26-46)39-41-31-33-49(34-32-41)54(47-27-15-5-16-28-47)52(43-19-7-1-8-20-43)44-21-9-2-10-22-44/h1-39H/b51-39+. The van der Waals surface area contributed by atoms with E-state index in [1.165, 1.54) is 5.57 Å². The summed E-state index contributed by atoms with van der Waals surface area (Å²) in [6, 6.07) is 82.9. The molecular weight excluding hydrogens is 675 g/mol. The predicted octanol–water partition coefficient (Wildman–Crippen LogP) is 13.8. The first-order chi connectivity index (χ1) is 27.8. The van der Waals surface area contributed by atoms with Crippen molar-refractivity contribution in [2.45, 2.75) is 0 Å². The summed E-state index contributed by atoms with van der Waals surface area (Å²) in [5, 5.41) is 10.5. The molecule has 0 saturated carbocycles. The molecule has 0 radical (unpaired) electrons. The van der Waals surface area contributed by atoms with Crippen LogP contribution in [-0.4, -0.2) is 0 Å². The van der Waals surface area contributed by atoms with Gasteiger partial charge in [-0.05, 0) is 84.0 Å². The molecule has 0 aliphatic rings. The second-order valence-electron chi connectivity index (χ2n) is 13.6. The Morgan fingerprint density at radius 1 is 0.268 bits per heavy atom. The van der Waals surface area contributed by atoms with Crippen LogP contribution in [0.25, 0.3) is 33.9 Å². The van der Waals surface area contributed by atoms with Gasteiger partial charge < -0.3 is 0 Å². The average molecular weight is 714 g/mol. The summed E-state index contributed by atoms with van der Waals surface area (Å²) in [4.78, 5) is 0. The van der Waals surface area contributed by atoms with Crippen molar-refractivity contribution in [3.05, 3.63) is 286 Å². The van der Waals surface area contributed by atoms with Crippen molar-refractivity contribution in [1.82, 2.24) is 0 Å². The summed E-state index contributed by atoms with van der Waals surface area (Å²) in [5.74, 6) is 0. The highest BCUT2D eigenvalue weighted by molar-refractivity contribution is 6.06. The number of allylic oxidation sites excluding steroid dienone is 1. The Kier molecular flexibility index (Phi) is 10.8. The molecule has 0 spiro atoms. The van der Waals surface area contributed by atoms with Crippen LogP contribution in [0, 0.1) is 11.3 Å². The Hall–Kier alpha value is -7.53. The Labute approximate surface area is 330 Å². The molecule has 0 unspecified atom stereocenters. The molecule has 1 nitrogen and oxygen atoms in total. The van der Waals surface area contributed by atoms with Gasteiger partial charge in [0.1, 0.15) is 0 Å². The molecule has 8 rings (SSSR count). The number of nitrogens with zero attached hydrogens (tertiary/aromatic N) is 1. The lowest BCUT2D eigenvalue weighted by atomic mass is 9.85. The van der Waals surface area contributed by atoms with E-state index in [4.69, 9.17) is 0 Å². The molecule has 0 aliphatic carbocycles. The first kappa shape index (κ1) is 35.5. The number of hydrogen-bond donors (Lipinski definition) is 0. The summed E-state index contributed by atoms with van der Waals surface area (Å²) in [6.07, 6.45) is 1.98. The predicted molar refractivity (Wildman–Crippen MR) is 235 cm³/mol. The first-order valence-corrected chi connectivity index (χ1v) is 18.9. The lowest BCUT2D eigenvalue weighted by Gasteiger charge is -2.18. The number of benzene rings is 8. The third-order valence-electron chi connectivity index (χ3n) is 9.99. The normalized spacial score (nSPS) is 10.9. The first-order valence-electron chi connectivity index (χ1n) is 18.9. The molecule has 8 aromatic rings. The molecule has 0 saturated heterocycles. The van der Waals surface area contributed by atoms with E-state index in [1.54, 1.807) is 0 Å². The van der Waals surface area contributed by atoms with Gasteiger partial charge in [-0.15, -0.1) is 0 Å². The molecule has 0 atom stereocenters. The fraction of sp³-hybridized carbons (Fsp3) is 0. The van der Waals surface area contributed by atoms with Crippen LogP contribution in [0.3, 0.4) is 0 Å². The van der Waals surface area contributed by atoms with Crippen LogP contribution >= 0.6 is 0 Å². The smallest absolute Gasteiger partial charge is 0.0998 e. The molecule has 8 aromatic carbocycles. The van der Waals surface area contributed by atoms with Crippen LogP contribution < -0.4 is 0 Å². The topological polar surface area (TPSA) is 23.8 Å². The van der Waals surface area contributed by atoms with Crippen LogP contribution in [0.5, 0.6) is 0 Å². The Morgan fingerprint density at radius 3 is 0.732 bits per heavy atom. The Morgan fingerprint density at radius 2 is 0.482 bits per heavy atom. The minimum absolute atomic E-state index is 0.606. The lowest BCUT2D eigenvalue weighted by Crippen LogP contribution is -1.98. The SMILES string of the molecule is N#C/C(=C\c1ccc(C(=C(c2ccccc2)c2ccccc2)c2ccccc2)cc1)c1ccc(C(=C(c2ccccc2)c2ccccc2)c2ccccc2)cc1. The van der Waals surface area contributed by atoms with Gasteiger partial charge >= 0.3 is 0 Å². The van der Waals surface area contributed by atoms with Crippen LogP contribution in [0.4, 0.5) is 0 Å². The zero-order chi connectivity index (χ0) is 37.9. The molecule has 0 fully saturated rings.